The molecule has 0 amide bonds. The van der Waals surface area contributed by atoms with Crippen LogP contribution in [0.2, 0.25) is 0 Å². The summed E-state index contributed by atoms with van der Waals surface area (Å²) >= 11 is 1.33. The maximum atomic E-state index is 12.8. The van der Waals surface area contributed by atoms with Crippen molar-refractivity contribution in [3.05, 3.63) is 41.0 Å². The lowest BCUT2D eigenvalue weighted by molar-refractivity contribution is 0.0599. The fourth-order valence-electron chi connectivity index (χ4n) is 2.61. The Labute approximate surface area is 150 Å². The number of hydrogen-bond donors (Lipinski definition) is 1. The lowest BCUT2D eigenvalue weighted by Crippen LogP contribution is -2.16. The number of ether oxygens (including phenoxy) is 1. The highest BCUT2D eigenvalue weighted by molar-refractivity contribution is 8.00. The molecule has 2 heterocycles. The SMILES string of the molecule is C=CCn1c(C)nnc1SC(C)C(=O)c1[nH]c(C)c(C(=O)OC)c1C. The van der Waals surface area contributed by atoms with Gasteiger partial charge in [-0.2, -0.15) is 0 Å². The maximum absolute atomic E-state index is 12.8. The van der Waals surface area contributed by atoms with Gasteiger partial charge in [-0.1, -0.05) is 17.8 Å². The molecule has 0 radical (unpaired) electrons. The van der Waals surface area contributed by atoms with E-state index < -0.39 is 11.2 Å². The molecule has 7 nitrogen and oxygen atoms in total. The van der Waals surface area contributed by atoms with Crippen LogP contribution in [0.25, 0.3) is 0 Å². The highest BCUT2D eigenvalue weighted by atomic mass is 32.2. The van der Waals surface area contributed by atoms with Crippen LogP contribution in [0.4, 0.5) is 0 Å². The molecule has 134 valence electrons. The number of hydrogen-bond acceptors (Lipinski definition) is 6. The van der Waals surface area contributed by atoms with E-state index in [4.69, 9.17) is 4.74 Å². The highest BCUT2D eigenvalue weighted by Gasteiger charge is 2.27. The number of Topliss-reactive ketones (excluding diaryl/α,β-unsaturated/α-hetero) is 1. The van der Waals surface area contributed by atoms with Crippen LogP contribution in [-0.4, -0.2) is 43.9 Å². The Bertz CT molecular complexity index is 822. The largest absolute Gasteiger partial charge is 0.465 e. The minimum absolute atomic E-state index is 0.105. The molecule has 2 aromatic heterocycles. The third-order valence-electron chi connectivity index (χ3n) is 3.94. The Morgan fingerprint density at radius 1 is 1.36 bits per heavy atom. The number of allylic oxidation sites excluding steroid dienone is 1. The van der Waals surface area contributed by atoms with Gasteiger partial charge in [0.2, 0.25) is 0 Å². The van der Waals surface area contributed by atoms with Crippen LogP contribution in [0.3, 0.4) is 0 Å². The molecule has 25 heavy (non-hydrogen) atoms. The van der Waals surface area contributed by atoms with Gasteiger partial charge in [-0.05, 0) is 33.3 Å². The van der Waals surface area contributed by atoms with E-state index in [0.29, 0.717) is 34.2 Å². The number of aryl methyl sites for hydroxylation is 2. The number of methoxy groups -OCH3 is 1. The van der Waals surface area contributed by atoms with Gasteiger partial charge in [0.1, 0.15) is 5.82 Å². The number of ketones is 1. The van der Waals surface area contributed by atoms with Gasteiger partial charge in [-0.15, -0.1) is 16.8 Å². The molecule has 1 unspecified atom stereocenters. The van der Waals surface area contributed by atoms with Crippen molar-refractivity contribution in [2.75, 3.05) is 7.11 Å². The average molecular weight is 362 g/mol. The van der Waals surface area contributed by atoms with E-state index in [-0.39, 0.29) is 5.78 Å². The van der Waals surface area contributed by atoms with Crippen molar-refractivity contribution in [3.8, 4) is 0 Å². The Kier molecular flexibility index (Phi) is 5.84. The van der Waals surface area contributed by atoms with Crippen LogP contribution in [0.5, 0.6) is 0 Å². The standard InChI is InChI=1S/C17H22N4O3S/c1-7-8-21-12(5)19-20-17(21)25-11(4)15(22)14-9(2)13(10(3)18-14)16(23)24-6/h7,11,18H,1,8H2,2-6H3. The number of nitrogens with one attached hydrogen (secondary N) is 1. The van der Waals surface area contributed by atoms with Gasteiger partial charge >= 0.3 is 5.97 Å². The Morgan fingerprint density at radius 3 is 2.64 bits per heavy atom. The molecular formula is C17H22N4O3S. The first-order valence-corrected chi connectivity index (χ1v) is 8.68. The van der Waals surface area contributed by atoms with E-state index in [1.165, 1.54) is 18.9 Å². The van der Waals surface area contributed by atoms with Crippen LogP contribution in [0.15, 0.2) is 17.8 Å². The molecule has 0 saturated heterocycles. The van der Waals surface area contributed by atoms with Crippen molar-refractivity contribution >= 4 is 23.5 Å². The second-order valence-corrected chi connectivity index (χ2v) is 6.98. The molecule has 0 aliphatic heterocycles. The van der Waals surface area contributed by atoms with Gasteiger partial charge < -0.3 is 14.3 Å². The summed E-state index contributed by atoms with van der Waals surface area (Å²) in [6.45, 7) is 11.5. The second-order valence-electron chi connectivity index (χ2n) is 5.67. The lowest BCUT2D eigenvalue weighted by Gasteiger charge is -2.11. The summed E-state index contributed by atoms with van der Waals surface area (Å²) in [6, 6.07) is 0. The number of carbonyl (C=O) groups is 2. The van der Waals surface area contributed by atoms with Crippen molar-refractivity contribution in [1.29, 1.82) is 0 Å². The molecule has 2 aromatic rings. The van der Waals surface area contributed by atoms with Crippen molar-refractivity contribution < 1.29 is 14.3 Å². The van der Waals surface area contributed by atoms with Crippen molar-refractivity contribution in [1.82, 2.24) is 19.7 Å². The van der Waals surface area contributed by atoms with Crippen molar-refractivity contribution in [2.24, 2.45) is 0 Å². The monoisotopic (exact) mass is 362 g/mol. The topological polar surface area (TPSA) is 89.9 Å². The summed E-state index contributed by atoms with van der Waals surface area (Å²) in [5.74, 6) is 0.209. The van der Waals surface area contributed by atoms with Gasteiger partial charge in [-0.25, -0.2) is 4.79 Å². The third-order valence-corrected chi connectivity index (χ3v) is 5.02. The predicted molar refractivity (Wildman–Crippen MR) is 96.2 cm³/mol. The summed E-state index contributed by atoms with van der Waals surface area (Å²) < 4.78 is 6.68. The van der Waals surface area contributed by atoms with E-state index in [0.717, 1.165) is 5.82 Å². The summed E-state index contributed by atoms with van der Waals surface area (Å²) in [4.78, 5) is 27.7. The molecule has 2 rings (SSSR count). The average Bonchev–Trinajstić information content (AvgIpc) is 3.07. The zero-order valence-electron chi connectivity index (χ0n) is 15.0. The van der Waals surface area contributed by atoms with E-state index in [9.17, 15) is 9.59 Å². The van der Waals surface area contributed by atoms with Crippen LogP contribution in [-0.2, 0) is 11.3 Å². The molecule has 0 fully saturated rings. The Morgan fingerprint density at radius 2 is 2.04 bits per heavy atom. The molecule has 1 atom stereocenters. The molecule has 1 N–H and O–H groups in total. The van der Waals surface area contributed by atoms with Crippen LogP contribution >= 0.6 is 11.8 Å². The molecule has 0 saturated carbocycles. The van der Waals surface area contributed by atoms with E-state index >= 15 is 0 Å². The number of esters is 1. The maximum Gasteiger partial charge on any atom is 0.339 e. The highest BCUT2D eigenvalue weighted by Crippen LogP contribution is 2.27. The van der Waals surface area contributed by atoms with Crippen LogP contribution < -0.4 is 0 Å². The number of aromatic amines is 1. The Hall–Kier alpha value is -2.35. The Balaban J connectivity index is 2.27. The second kappa shape index (κ2) is 7.69. The lowest BCUT2D eigenvalue weighted by atomic mass is 10.1. The number of aromatic nitrogens is 4. The summed E-state index contributed by atoms with van der Waals surface area (Å²) in [7, 11) is 1.32. The minimum Gasteiger partial charge on any atom is -0.465 e. The van der Waals surface area contributed by atoms with E-state index in [1.807, 2.05) is 18.4 Å². The predicted octanol–water partition coefficient (Wildman–Crippen LogP) is 2.87. The smallest absolute Gasteiger partial charge is 0.339 e. The zero-order valence-corrected chi connectivity index (χ0v) is 15.9. The molecular weight excluding hydrogens is 340 g/mol. The summed E-state index contributed by atoms with van der Waals surface area (Å²) in [6.07, 6.45) is 1.76. The van der Waals surface area contributed by atoms with Crippen molar-refractivity contribution in [3.63, 3.8) is 0 Å². The first kappa shape index (κ1) is 19.0. The normalized spacial score (nSPS) is 12.0. The number of carbonyl (C=O) groups excluding carboxylic acids is 2. The minimum atomic E-state index is -0.452. The molecule has 8 heteroatoms. The van der Waals surface area contributed by atoms with Gasteiger partial charge in [0, 0.05) is 12.2 Å². The molecule has 0 bridgehead atoms. The molecule has 0 aliphatic rings. The van der Waals surface area contributed by atoms with E-state index in [2.05, 4.69) is 21.8 Å². The zero-order chi connectivity index (χ0) is 18.7. The van der Waals surface area contributed by atoms with Gasteiger partial charge in [0.05, 0.1) is 23.6 Å². The van der Waals surface area contributed by atoms with Crippen LogP contribution in [0.1, 0.15) is 44.9 Å². The number of thioether (sulfide) groups is 1. The first-order chi connectivity index (χ1) is 11.8. The number of rotatable bonds is 7. The fourth-order valence-corrected chi connectivity index (χ4v) is 3.57. The summed E-state index contributed by atoms with van der Waals surface area (Å²) in [5, 5.41) is 8.45. The fraction of sp³-hybridized carbons (Fsp3) is 0.412. The third kappa shape index (κ3) is 3.68. The van der Waals surface area contributed by atoms with Gasteiger partial charge in [0.25, 0.3) is 0 Å². The van der Waals surface area contributed by atoms with E-state index in [1.54, 1.807) is 19.9 Å². The molecule has 0 spiro atoms. The van der Waals surface area contributed by atoms with Crippen LogP contribution in [0, 0.1) is 20.8 Å². The van der Waals surface area contributed by atoms with Gasteiger partial charge in [0.15, 0.2) is 10.9 Å². The quantitative estimate of drug-likeness (QED) is 0.352. The molecule has 0 aromatic carbocycles. The first-order valence-electron chi connectivity index (χ1n) is 7.80. The summed E-state index contributed by atoms with van der Waals surface area (Å²) in [5.41, 5.74) is 2.05. The number of nitrogens with zero attached hydrogens (tertiary/aromatic N) is 3. The number of H-pyrrole nitrogens is 1. The van der Waals surface area contributed by atoms with Gasteiger partial charge in [-0.3, -0.25) is 4.79 Å². The molecule has 0 aliphatic carbocycles. The van der Waals surface area contributed by atoms with Crippen molar-refractivity contribution in [2.45, 2.75) is 44.6 Å².